The Labute approximate surface area is 126 Å². The summed E-state index contributed by atoms with van der Waals surface area (Å²) in [7, 11) is -3.55. The van der Waals surface area contributed by atoms with Gasteiger partial charge in [0.1, 0.15) is 17.5 Å². The number of carbonyl (C=O) groups excluding carboxylic acids is 2. The Hall–Kier alpha value is -1.06. The van der Waals surface area contributed by atoms with E-state index in [1.54, 1.807) is 0 Å². The highest BCUT2D eigenvalue weighted by Crippen LogP contribution is 2.55. The number of carbonyl (C=O) groups is 2. The zero-order valence-electron chi connectivity index (χ0n) is 11.2. The van der Waals surface area contributed by atoms with E-state index in [2.05, 4.69) is 6.58 Å². The number of hydrogen-bond donors (Lipinski definition) is 0. The van der Waals surface area contributed by atoms with E-state index in [4.69, 9.17) is 13.7 Å². The molecule has 3 rings (SSSR count). The predicted molar refractivity (Wildman–Crippen MR) is 73.0 cm³/mol. The summed E-state index contributed by atoms with van der Waals surface area (Å²) in [6.45, 7) is 4.35. The van der Waals surface area contributed by atoms with Crippen LogP contribution in [0.4, 0.5) is 0 Å². The third kappa shape index (κ3) is 2.47. The van der Waals surface area contributed by atoms with Gasteiger partial charge in [0.25, 0.3) is 10.1 Å². The Morgan fingerprint density at radius 3 is 2.81 bits per heavy atom. The van der Waals surface area contributed by atoms with Gasteiger partial charge < -0.3 is 9.47 Å². The van der Waals surface area contributed by atoms with E-state index in [9.17, 15) is 18.0 Å². The Morgan fingerprint density at radius 1 is 1.43 bits per heavy atom. The second-order valence-electron chi connectivity index (χ2n) is 5.28. The number of thioether (sulfide) groups is 1. The van der Waals surface area contributed by atoms with Crippen molar-refractivity contribution in [1.82, 2.24) is 0 Å². The molecule has 5 unspecified atom stereocenters. The topological polar surface area (TPSA) is 96.0 Å². The molecule has 0 radical (unpaired) electrons. The van der Waals surface area contributed by atoms with E-state index in [0.717, 1.165) is 0 Å². The highest BCUT2D eigenvalue weighted by Gasteiger charge is 2.66. The van der Waals surface area contributed by atoms with E-state index < -0.39 is 46.1 Å². The van der Waals surface area contributed by atoms with Gasteiger partial charge in [0.05, 0.1) is 5.25 Å². The second kappa shape index (κ2) is 4.99. The monoisotopic (exact) mass is 334 g/mol. The molecule has 0 aromatic heterocycles. The van der Waals surface area contributed by atoms with Crippen LogP contribution in [0.15, 0.2) is 12.2 Å². The lowest BCUT2D eigenvalue weighted by atomic mass is 9.94. The van der Waals surface area contributed by atoms with Gasteiger partial charge >= 0.3 is 11.9 Å². The van der Waals surface area contributed by atoms with E-state index in [0.29, 0.717) is 6.42 Å². The van der Waals surface area contributed by atoms with Crippen molar-refractivity contribution in [3.63, 3.8) is 0 Å². The van der Waals surface area contributed by atoms with E-state index in [-0.39, 0.29) is 16.1 Å². The van der Waals surface area contributed by atoms with Crippen LogP contribution >= 0.6 is 11.8 Å². The molecule has 5 atom stereocenters. The maximum absolute atomic E-state index is 11.7. The van der Waals surface area contributed by atoms with Crippen molar-refractivity contribution in [2.75, 3.05) is 6.61 Å². The van der Waals surface area contributed by atoms with Crippen molar-refractivity contribution in [2.24, 2.45) is 0 Å². The fourth-order valence-corrected chi connectivity index (χ4v) is 6.94. The zero-order chi connectivity index (χ0) is 15.4. The molecule has 3 aliphatic heterocycles. The van der Waals surface area contributed by atoms with Gasteiger partial charge in [0.15, 0.2) is 6.61 Å². The molecule has 0 aromatic rings. The lowest BCUT2D eigenvalue weighted by Crippen LogP contribution is -2.42. The molecule has 9 heteroatoms. The molecular weight excluding hydrogens is 320 g/mol. The normalized spacial score (nSPS) is 38.2. The van der Waals surface area contributed by atoms with Gasteiger partial charge in [-0.05, 0) is 13.3 Å². The molecule has 0 spiro atoms. The van der Waals surface area contributed by atoms with E-state index in [1.165, 1.54) is 18.7 Å². The van der Waals surface area contributed by atoms with Crippen molar-refractivity contribution in [3.05, 3.63) is 12.2 Å². The first-order valence-electron chi connectivity index (χ1n) is 6.39. The van der Waals surface area contributed by atoms with Gasteiger partial charge in [0.2, 0.25) is 0 Å². The summed E-state index contributed by atoms with van der Waals surface area (Å²) in [6, 6.07) is 0. The molecule has 21 heavy (non-hydrogen) atoms. The predicted octanol–water partition coefficient (Wildman–Crippen LogP) is 0.00240. The number of rotatable bonds is 4. The SMILES string of the molecule is C=C(C)C(=O)OCC(=O)OC1C2CC3C(S2)C1OS3(=O)=O. The summed E-state index contributed by atoms with van der Waals surface area (Å²) < 4.78 is 38.5. The minimum Gasteiger partial charge on any atom is -0.456 e. The summed E-state index contributed by atoms with van der Waals surface area (Å²) >= 11 is 1.49. The Bertz CT molecular complexity index is 611. The van der Waals surface area contributed by atoms with E-state index in [1.807, 2.05) is 0 Å². The molecular formula is C12H14O7S2. The molecule has 3 heterocycles. The summed E-state index contributed by atoms with van der Waals surface area (Å²) in [5, 5.41) is -0.743. The van der Waals surface area contributed by atoms with Gasteiger partial charge in [0, 0.05) is 10.8 Å². The standard InChI is InChI=1S/C12H14O7S2/c1-5(2)12(14)17-4-8(13)18-9-6-3-7-11(20-6)10(9)19-21(7,15)16/h6-7,9-11H,1,3-4H2,2H3. The number of esters is 2. The minimum atomic E-state index is -3.55. The summed E-state index contributed by atoms with van der Waals surface area (Å²) in [6.07, 6.45) is -0.799. The molecule has 0 aliphatic carbocycles. The maximum atomic E-state index is 11.7. The van der Waals surface area contributed by atoms with Crippen LogP contribution in [-0.4, -0.2) is 54.9 Å². The summed E-state index contributed by atoms with van der Waals surface area (Å²) in [5.74, 6) is -1.39. The fourth-order valence-electron chi connectivity index (χ4n) is 2.80. The van der Waals surface area contributed by atoms with Crippen LogP contribution in [-0.2, 0) is 33.4 Å². The number of fused-ring (bicyclic) bond motifs is 1. The number of hydrogen-bond acceptors (Lipinski definition) is 8. The third-order valence-corrected chi connectivity index (χ3v) is 7.34. The largest absolute Gasteiger partial charge is 0.456 e. The van der Waals surface area contributed by atoms with Crippen molar-refractivity contribution >= 4 is 33.8 Å². The first kappa shape index (κ1) is 14.9. The zero-order valence-corrected chi connectivity index (χ0v) is 12.8. The van der Waals surface area contributed by atoms with Gasteiger partial charge in [-0.15, -0.1) is 11.8 Å². The molecule has 0 amide bonds. The minimum absolute atomic E-state index is 0.0805. The highest BCUT2D eigenvalue weighted by atomic mass is 32.2. The average molecular weight is 334 g/mol. The third-order valence-electron chi connectivity index (χ3n) is 3.73. The lowest BCUT2D eigenvalue weighted by molar-refractivity contribution is -0.163. The molecule has 116 valence electrons. The van der Waals surface area contributed by atoms with Crippen LogP contribution in [0.1, 0.15) is 13.3 Å². The molecule has 0 saturated carbocycles. The van der Waals surface area contributed by atoms with Crippen LogP contribution in [0, 0.1) is 0 Å². The van der Waals surface area contributed by atoms with Crippen LogP contribution in [0.2, 0.25) is 0 Å². The Morgan fingerprint density at radius 2 is 2.14 bits per heavy atom. The first-order chi connectivity index (χ1) is 9.79. The molecule has 3 aliphatic rings. The van der Waals surface area contributed by atoms with Gasteiger partial charge in [-0.25, -0.2) is 9.59 Å². The first-order valence-corrected chi connectivity index (χ1v) is 8.80. The van der Waals surface area contributed by atoms with E-state index >= 15 is 0 Å². The highest BCUT2D eigenvalue weighted by molar-refractivity contribution is 8.03. The Kier molecular flexibility index (Phi) is 3.53. The maximum Gasteiger partial charge on any atom is 0.344 e. The molecule has 2 bridgehead atoms. The summed E-state index contributed by atoms with van der Waals surface area (Å²) in [4.78, 5) is 22.9. The lowest BCUT2D eigenvalue weighted by Gasteiger charge is -2.23. The van der Waals surface area contributed by atoms with Gasteiger partial charge in [-0.2, -0.15) is 8.42 Å². The quantitative estimate of drug-likeness (QED) is 0.403. The Balaban J connectivity index is 1.59. The van der Waals surface area contributed by atoms with Crippen molar-refractivity contribution in [1.29, 1.82) is 0 Å². The second-order valence-corrected chi connectivity index (χ2v) is 8.48. The number of ether oxygens (including phenoxy) is 2. The van der Waals surface area contributed by atoms with Crippen LogP contribution in [0.3, 0.4) is 0 Å². The van der Waals surface area contributed by atoms with Crippen LogP contribution in [0.25, 0.3) is 0 Å². The van der Waals surface area contributed by atoms with Crippen molar-refractivity contribution < 1.29 is 31.7 Å². The molecule has 3 saturated heterocycles. The molecule has 0 N–H and O–H groups in total. The van der Waals surface area contributed by atoms with Crippen molar-refractivity contribution in [3.8, 4) is 0 Å². The van der Waals surface area contributed by atoms with Crippen LogP contribution in [0.5, 0.6) is 0 Å². The smallest absolute Gasteiger partial charge is 0.344 e. The molecule has 0 aromatic carbocycles. The average Bonchev–Trinajstić information content (AvgIpc) is 2.99. The van der Waals surface area contributed by atoms with Crippen molar-refractivity contribution in [2.45, 2.75) is 41.3 Å². The van der Waals surface area contributed by atoms with Crippen LogP contribution < -0.4 is 0 Å². The fraction of sp³-hybridized carbons (Fsp3) is 0.667. The molecule has 7 nitrogen and oxygen atoms in total. The van der Waals surface area contributed by atoms with Gasteiger partial charge in [-0.1, -0.05) is 6.58 Å². The molecule has 3 fully saturated rings. The summed E-state index contributed by atoms with van der Waals surface area (Å²) in [5.41, 5.74) is 0.186. The van der Waals surface area contributed by atoms with Gasteiger partial charge in [-0.3, -0.25) is 4.18 Å².